The van der Waals surface area contributed by atoms with E-state index in [4.69, 9.17) is 33.2 Å². The van der Waals surface area contributed by atoms with Crippen LogP contribution in [0.25, 0.3) is 22.3 Å². The monoisotopic (exact) mass is 1060 g/mol. The van der Waals surface area contributed by atoms with E-state index in [1.54, 1.807) is 52.7 Å². The maximum absolute atomic E-state index is 15.1. The van der Waals surface area contributed by atoms with E-state index in [0.717, 1.165) is 134 Å². The molecule has 78 heavy (non-hydrogen) atoms. The number of benzene rings is 6. The molecule has 1 N–H and O–H groups in total. The average molecular weight is 1060 g/mol. The largest absolute Gasteiger partial charge is 0.497 e. The lowest BCUT2D eigenvalue weighted by atomic mass is 9.84. The third-order valence-electron chi connectivity index (χ3n) is 18.4. The van der Waals surface area contributed by atoms with Gasteiger partial charge in [-0.2, -0.15) is 0 Å². The number of fused-ring (bicyclic) bond motifs is 4. The fraction of sp³-hybridized carbons (Fsp3) is 0.424. The van der Waals surface area contributed by atoms with Gasteiger partial charge in [0.2, 0.25) is 0 Å². The Hall–Kier alpha value is -6.76. The summed E-state index contributed by atoms with van der Waals surface area (Å²) in [6.07, 6.45) is 13.1. The van der Waals surface area contributed by atoms with Gasteiger partial charge in [-0.3, -0.25) is 9.59 Å². The summed E-state index contributed by atoms with van der Waals surface area (Å²) in [5, 5.41) is 9.56. The molecule has 2 spiro atoms. The SMILES string of the molecule is CCOC(=O)[C@@H]1C[C@]12CCc1ccc(OCc3ccc(-c4cc(OC)ccc4F)c(C4(OC)CCCC4)c3)cc12.COc1ccc(F)c(-c2ccc(COc3ccc4c(c3)[C@]3(CC4)C[C@H]3C(=O)O)cc2C2(OC)CCCC2)c1. The Morgan fingerprint density at radius 3 is 1.36 bits per heavy atom. The number of carboxylic acids is 1. The summed E-state index contributed by atoms with van der Waals surface area (Å²) < 4.78 is 71.1. The molecule has 0 aromatic heterocycles. The van der Waals surface area contributed by atoms with Crippen LogP contribution < -0.4 is 18.9 Å². The Labute approximate surface area is 456 Å². The van der Waals surface area contributed by atoms with Crippen LogP contribution in [0.1, 0.15) is 128 Å². The molecule has 0 radical (unpaired) electrons. The minimum absolute atomic E-state index is 0.0484. The molecule has 0 saturated heterocycles. The molecule has 4 fully saturated rings. The second-order valence-corrected chi connectivity index (χ2v) is 22.4. The lowest BCUT2D eigenvalue weighted by Crippen LogP contribution is -2.25. The molecule has 0 amide bonds. The second kappa shape index (κ2) is 21.5. The van der Waals surface area contributed by atoms with Crippen molar-refractivity contribution < 1.29 is 56.6 Å². The van der Waals surface area contributed by atoms with Gasteiger partial charge in [0.25, 0.3) is 0 Å². The summed E-state index contributed by atoms with van der Waals surface area (Å²) in [4.78, 5) is 24.1. The van der Waals surface area contributed by atoms with Gasteiger partial charge in [-0.25, -0.2) is 8.78 Å². The van der Waals surface area contributed by atoms with E-state index >= 15 is 8.78 Å². The Morgan fingerprint density at radius 1 is 0.513 bits per heavy atom. The summed E-state index contributed by atoms with van der Waals surface area (Å²) in [5.74, 6) is 1.04. The van der Waals surface area contributed by atoms with Crippen molar-refractivity contribution in [2.24, 2.45) is 11.8 Å². The van der Waals surface area contributed by atoms with Crippen molar-refractivity contribution in [2.45, 2.75) is 132 Å². The first-order chi connectivity index (χ1) is 37.8. The van der Waals surface area contributed by atoms with E-state index in [1.165, 1.54) is 28.8 Å². The van der Waals surface area contributed by atoms with Gasteiger partial charge < -0.3 is 38.3 Å². The first-order valence-corrected chi connectivity index (χ1v) is 27.8. The number of methoxy groups -OCH3 is 4. The van der Waals surface area contributed by atoms with Crippen LogP contribution in [0.4, 0.5) is 8.78 Å². The zero-order valence-corrected chi connectivity index (χ0v) is 45.4. The number of hydrogen-bond donors (Lipinski definition) is 1. The van der Waals surface area contributed by atoms with E-state index in [-0.39, 0.29) is 40.3 Å². The molecule has 0 bridgehead atoms. The minimum atomic E-state index is -0.705. The van der Waals surface area contributed by atoms with E-state index < -0.39 is 17.2 Å². The molecule has 12 rings (SSSR count). The number of carboxylic acid groups (broad SMARTS) is 1. The Balaban J connectivity index is 0.000000166. The number of hydrogen-bond acceptors (Lipinski definition) is 9. The maximum Gasteiger partial charge on any atom is 0.309 e. The summed E-state index contributed by atoms with van der Waals surface area (Å²) >= 11 is 0. The highest BCUT2D eigenvalue weighted by atomic mass is 19.1. The van der Waals surface area contributed by atoms with Crippen molar-refractivity contribution in [3.8, 4) is 45.3 Å². The normalized spacial score (nSPS) is 22.6. The van der Waals surface area contributed by atoms with Gasteiger partial charge in [-0.05, 0) is 200 Å². The minimum Gasteiger partial charge on any atom is -0.497 e. The van der Waals surface area contributed by atoms with Gasteiger partial charge >= 0.3 is 11.9 Å². The molecule has 6 aliphatic rings. The molecule has 12 heteroatoms. The number of halogens is 2. The molecule has 6 aliphatic carbocycles. The molecule has 408 valence electrons. The number of rotatable bonds is 17. The molecule has 6 aromatic rings. The first-order valence-electron chi connectivity index (χ1n) is 27.8. The van der Waals surface area contributed by atoms with Crippen molar-refractivity contribution in [3.05, 3.63) is 165 Å². The van der Waals surface area contributed by atoms with Crippen LogP contribution in [0.15, 0.2) is 109 Å². The molecule has 4 atom stereocenters. The fourth-order valence-corrected chi connectivity index (χ4v) is 13.9. The summed E-state index contributed by atoms with van der Waals surface area (Å²) in [6, 6.07) is 34.2. The van der Waals surface area contributed by atoms with Crippen molar-refractivity contribution >= 4 is 11.9 Å². The predicted octanol–water partition coefficient (Wildman–Crippen LogP) is 14.0. The summed E-state index contributed by atoms with van der Waals surface area (Å²) in [6.45, 7) is 2.99. The molecule has 6 aromatic carbocycles. The van der Waals surface area contributed by atoms with Crippen LogP contribution in [-0.4, -0.2) is 52.1 Å². The zero-order valence-electron chi connectivity index (χ0n) is 45.4. The highest BCUT2D eigenvalue weighted by Gasteiger charge is 2.63. The van der Waals surface area contributed by atoms with Gasteiger partial charge in [0.05, 0.1) is 43.9 Å². The standard InChI is InChI=1S/C34H37FO5.C32H33FO5/c1-4-39-32(36)30-20-33(30)16-13-23-8-9-25(19-28(23)33)40-21-22-7-11-26(27-18-24(37-2)10-12-31(27)35)29(17-22)34(38-3)14-5-6-15-34;1-36-22-8-10-29(33)25(16-22)24-9-5-20(15-27(24)32(37-2)12-3-4-13-32)19-38-23-7-6-21-11-14-31(26(21)17-23)18-28(31)30(34)35/h7-12,17-19,30H,4-6,13-16,20-21H2,1-3H3;5-10,15-17,28H,3-4,11-14,18-19H2,1-2H3,(H,34,35)/t30-,33-;28-,31-/m00/s1. The van der Waals surface area contributed by atoms with Gasteiger partial charge in [0, 0.05) is 36.2 Å². The van der Waals surface area contributed by atoms with E-state index in [0.29, 0.717) is 48.9 Å². The van der Waals surface area contributed by atoms with Crippen LogP contribution in [0.5, 0.6) is 23.0 Å². The highest BCUT2D eigenvalue weighted by Crippen LogP contribution is 2.63. The van der Waals surface area contributed by atoms with Crippen molar-refractivity contribution in [1.29, 1.82) is 0 Å². The summed E-state index contributed by atoms with van der Waals surface area (Å²) in [7, 11) is 6.66. The van der Waals surface area contributed by atoms with Gasteiger partial charge in [-0.15, -0.1) is 0 Å². The zero-order chi connectivity index (χ0) is 54.4. The van der Waals surface area contributed by atoms with Crippen LogP contribution in [-0.2, 0) is 71.9 Å². The predicted molar refractivity (Wildman–Crippen MR) is 293 cm³/mol. The topological polar surface area (TPSA) is 119 Å². The second-order valence-electron chi connectivity index (χ2n) is 22.4. The van der Waals surface area contributed by atoms with Crippen molar-refractivity contribution in [2.75, 3.05) is 35.0 Å². The number of esters is 1. The van der Waals surface area contributed by atoms with Crippen LogP contribution >= 0.6 is 0 Å². The molecule has 0 aliphatic heterocycles. The smallest absolute Gasteiger partial charge is 0.309 e. The van der Waals surface area contributed by atoms with E-state index in [2.05, 4.69) is 30.3 Å². The van der Waals surface area contributed by atoms with Crippen LogP contribution in [0.3, 0.4) is 0 Å². The lowest BCUT2D eigenvalue weighted by molar-refractivity contribution is -0.145. The quantitative estimate of drug-likeness (QED) is 0.0885. The maximum atomic E-state index is 15.1. The third kappa shape index (κ3) is 9.71. The number of carbonyl (C=O) groups excluding carboxylic acids is 1. The van der Waals surface area contributed by atoms with Gasteiger partial charge in [0.15, 0.2) is 0 Å². The average Bonchev–Trinajstić information content (AvgIpc) is 3.80. The molecule has 4 saturated carbocycles. The van der Waals surface area contributed by atoms with Gasteiger partial charge in [-0.1, -0.05) is 62.1 Å². The first kappa shape index (κ1) is 53.3. The number of aryl methyl sites for hydroxylation is 2. The van der Waals surface area contributed by atoms with Crippen LogP contribution in [0, 0.1) is 23.5 Å². The number of carbonyl (C=O) groups is 2. The third-order valence-corrected chi connectivity index (χ3v) is 18.4. The molecule has 0 heterocycles. The molecule has 10 nitrogen and oxygen atoms in total. The fourth-order valence-electron chi connectivity index (χ4n) is 13.9. The summed E-state index contributed by atoms with van der Waals surface area (Å²) in [5.41, 5.74) is 10.2. The van der Waals surface area contributed by atoms with Crippen molar-refractivity contribution in [1.82, 2.24) is 0 Å². The molecule has 0 unspecified atom stereocenters. The van der Waals surface area contributed by atoms with Crippen molar-refractivity contribution in [3.63, 3.8) is 0 Å². The Kier molecular flexibility index (Phi) is 14.7. The molecular weight excluding hydrogens is 991 g/mol. The van der Waals surface area contributed by atoms with Crippen LogP contribution in [0.2, 0.25) is 0 Å². The lowest BCUT2D eigenvalue weighted by Gasteiger charge is -2.31. The highest BCUT2D eigenvalue weighted by molar-refractivity contribution is 5.80. The van der Waals surface area contributed by atoms with E-state index in [9.17, 15) is 14.7 Å². The Morgan fingerprint density at radius 2 is 0.949 bits per heavy atom. The van der Waals surface area contributed by atoms with E-state index in [1.807, 2.05) is 49.4 Å². The number of ether oxygens (including phenoxy) is 7. The Bertz CT molecular complexity index is 3250. The molecular formula is C66H70F2O10. The van der Waals surface area contributed by atoms with Gasteiger partial charge in [0.1, 0.15) is 47.8 Å². The number of aliphatic carboxylic acids is 1.